The Balaban J connectivity index is 0.971. The highest BCUT2D eigenvalue weighted by Crippen LogP contribution is 2.25. The minimum absolute atomic E-state index is 0.759. The van der Waals surface area contributed by atoms with Crippen molar-refractivity contribution in [2.75, 3.05) is 20.3 Å². The molecule has 3 aromatic carbocycles. The third-order valence-electron chi connectivity index (χ3n) is 9.24. The van der Waals surface area contributed by atoms with E-state index in [1.54, 1.807) is 7.11 Å². The van der Waals surface area contributed by atoms with Crippen LogP contribution in [0, 0.1) is 0 Å². The predicted molar refractivity (Wildman–Crippen MR) is 205 cm³/mol. The SMILES string of the molecule is CCCCCCCCCCCCc1cnc(-c2ccc(OCCCCCCCCCOc3ccc(-c4ccc(OC)cc4)cc3)cc2)nc1. The first-order chi connectivity index (χ1) is 24.2. The number of ether oxygens (including phenoxy) is 3. The lowest BCUT2D eigenvalue weighted by atomic mass is 10.0. The molecule has 0 atom stereocenters. The lowest BCUT2D eigenvalue weighted by molar-refractivity contribution is 0.300. The van der Waals surface area contributed by atoms with Crippen LogP contribution in [-0.2, 0) is 6.42 Å². The molecule has 0 saturated carbocycles. The molecular weight excluding hydrogens is 604 g/mol. The second kappa shape index (κ2) is 23.5. The minimum Gasteiger partial charge on any atom is -0.497 e. The van der Waals surface area contributed by atoms with E-state index < -0.39 is 0 Å². The average Bonchev–Trinajstić information content (AvgIpc) is 3.15. The van der Waals surface area contributed by atoms with Gasteiger partial charge in [0.2, 0.25) is 0 Å². The van der Waals surface area contributed by atoms with Gasteiger partial charge in [-0.15, -0.1) is 0 Å². The van der Waals surface area contributed by atoms with E-state index in [-0.39, 0.29) is 0 Å². The fraction of sp³-hybridized carbons (Fsp3) is 0.500. The summed E-state index contributed by atoms with van der Waals surface area (Å²) in [6.07, 6.45) is 27.0. The summed E-state index contributed by atoms with van der Waals surface area (Å²) >= 11 is 0. The summed E-state index contributed by atoms with van der Waals surface area (Å²) in [5.41, 5.74) is 4.63. The van der Waals surface area contributed by atoms with Gasteiger partial charge in [0.05, 0.1) is 20.3 Å². The molecule has 0 spiro atoms. The fourth-order valence-corrected chi connectivity index (χ4v) is 6.14. The van der Waals surface area contributed by atoms with Gasteiger partial charge >= 0.3 is 0 Å². The zero-order valence-corrected chi connectivity index (χ0v) is 30.3. The number of aryl methyl sites for hydroxylation is 1. The smallest absolute Gasteiger partial charge is 0.159 e. The summed E-state index contributed by atoms with van der Waals surface area (Å²) in [5.74, 6) is 3.50. The molecule has 0 aliphatic heterocycles. The normalized spacial score (nSPS) is 11.1. The molecule has 0 radical (unpaired) electrons. The Bertz CT molecular complexity index is 1390. The number of rotatable bonds is 26. The number of hydrogen-bond donors (Lipinski definition) is 0. The van der Waals surface area contributed by atoms with Crippen LogP contribution < -0.4 is 14.2 Å². The average molecular weight is 665 g/mol. The molecule has 0 bridgehead atoms. The van der Waals surface area contributed by atoms with Gasteiger partial charge in [0.15, 0.2) is 5.82 Å². The molecule has 5 nitrogen and oxygen atoms in total. The summed E-state index contributed by atoms with van der Waals surface area (Å²) in [5, 5.41) is 0. The Morgan fingerprint density at radius 3 is 1.27 bits per heavy atom. The summed E-state index contributed by atoms with van der Waals surface area (Å²) in [4.78, 5) is 9.28. The predicted octanol–water partition coefficient (Wildman–Crippen LogP) is 12.5. The van der Waals surface area contributed by atoms with Crippen molar-refractivity contribution in [2.45, 2.75) is 122 Å². The zero-order chi connectivity index (χ0) is 34.2. The molecule has 0 unspecified atom stereocenters. The van der Waals surface area contributed by atoms with E-state index >= 15 is 0 Å². The first kappa shape index (κ1) is 38.0. The van der Waals surface area contributed by atoms with Crippen molar-refractivity contribution in [3.05, 3.63) is 90.8 Å². The lowest BCUT2D eigenvalue weighted by Gasteiger charge is -2.08. The Morgan fingerprint density at radius 1 is 0.429 bits per heavy atom. The van der Waals surface area contributed by atoms with Crippen molar-refractivity contribution in [3.8, 4) is 39.8 Å². The van der Waals surface area contributed by atoms with Crippen molar-refractivity contribution in [3.63, 3.8) is 0 Å². The highest BCUT2D eigenvalue weighted by atomic mass is 16.5. The van der Waals surface area contributed by atoms with Gasteiger partial charge in [-0.3, -0.25) is 0 Å². The Hall–Kier alpha value is -3.86. The van der Waals surface area contributed by atoms with Gasteiger partial charge in [0.25, 0.3) is 0 Å². The van der Waals surface area contributed by atoms with Gasteiger partial charge in [0, 0.05) is 18.0 Å². The first-order valence-electron chi connectivity index (χ1n) is 19.2. The van der Waals surface area contributed by atoms with Crippen molar-refractivity contribution >= 4 is 0 Å². The number of benzene rings is 3. The Labute approximate surface area is 296 Å². The summed E-state index contributed by atoms with van der Waals surface area (Å²) in [6, 6.07) is 24.7. The Kier molecular flexibility index (Phi) is 18.2. The van der Waals surface area contributed by atoms with E-state index in [1.165, 1.54) is 113 Å². The van der Waals surface area contributed by atoms with Crippen molar-refractivity contribution in [2.24, 2.45) is 0 Å². The molecule has 4 aromatic rings. The van der Waals surface area contributed by atoms with Crippen LogP contribution >= 0.6 is 0 Å². The number of hydrogen-bond acceptors (Lipinski definition) is 5. The van der Waals surface area contributed by atoms with Gasteiger partial charge in [-0.1, -0.05) is 121 Å². The van der Waals surface area contributed by atoms with Crippen LogP contribution in [-0.4, -0.2) is 30.3 Å². The van der Waals surface area contributed by atoms with Crippen LogP contribution in [0.3, 0.4) is 0 Å². The second-order valence-corrected chi connectivity index (χ2v) is 13.3. The molecule has 5 heteroatoms. The van der Waals surface area contributed by atoms with E-state index in [0.717, 1.165) is 61.1 Å². The maximum absolute atomic E-state index is 6.00. The van der Waals surface area contributed by atoms with Crippen LogP contribution in [0.2, 0.25) is 0 Å². The molecule has 0 N–H and O–H groups in total. The second-order valence-electron chi connectivity index (χ2n) is 13.3. The number of nitrogens with zero attached hydrogens (tertiary/aromatic N) is 2. The standard InChI is InChI=1S/C44H60N2O3/c1-3-4-5-6-7-8-9-11-14-17-20-37-35-45-44(46-36-37)40-25-31-43(32-26-40)49-34-19-16-13-10-12-15-18-33-48-42-29-23-39(24-30-42)38-21-27-41(47-2)28-22-38/h21-32,35-36H,3-20,33-34H2,1-2H3. The van der Waals surface area contributed by atoms with Gasteiger partial charge in [0.1, 0.15) is 17.2 Å². The largest absolute Gasteiger partial charge is 0.497 e. The molecule has 1 heterocycles. The van der Waals surface area contributed by atoms with Gasteiger partial charge in [-0.25, -0.2) is 9.97 Å². The third-order valence-corrected chi connectivity index (χ3v) is 9.24. The van der Waals surface area contributed by atoms with Crippen LogP contribution in [0.5, 0.6) is 17.2 Å². The zero-order valence-electron chi connectivity index (χ0n) is 30.3. The molecule has 4 rings (SSSR count). The number of methoxy groups -OCH3 is 1. The van der Waals surface area contributed by atoms with E-state index in [9.17, 15) is 0 Å². The highest BCUT2D eigenvalue weighted by Gasteiger charge is 2.04. The van der Waals surface area contributed by atoms with E-state index in [0.29, 0.717) is 0 Å². The molecule has 0 saturated heterocycles. The molecule has 0 aliphatic carbocycles. The summed E-state index contributed by atoms with van der Waals surface area (Å²) in [7, 11) is 1.69. The van der Waals surface area contributed by atoms with Gasteiger partial charge in [-0.2, -0.15) is 0 Å². The number of unbranched alkanes of at least 4 members (excludes halogenated alkanes) is 15. The maximum atomic E-state index is 6.00. The highest BCUT2D eigenvalue weighted by molar-refractivity contribution is 5.65. The van der Waals surface area contributed by atoms with E-state index in [4.69, 9.17) is 14.2 Å². The van der Waals surface area contributed by atoms with Crippen molar-refractivity contribution in [1.29, 1.82) is 0 Å². The van der Waals surface area contributed by atoms with E-state index in [2.05, 4.69) is 65.4 Å². The van der Waals surface area contributed by atoms with E-state index in [1.807, 2.05) is 36.7 Å². The first-order valence-corrected chi connectivity index (χ1v) is 19.2. The van der Waals surface area contributed by atoms with Crippen LogP contribution in [0.4, 0.5) is 0 Å². The quantitative estimate of drug-likeness (QED) is 0.0625. The monoisotopic (exact) mass is 664 g/mol. The summed E-state index contributed by atoms with van der Waals surface area (Å²) in [6.45, 7) is 3.81. The topological polar surface area (TPSA) is 53.5 Å². The van der Waals surface area contributed by atoms with Crippen molar-refractivity contribution in [1.82, 2.24) is 9.97 Å². The Morgan fingerprint density at radius 2 is 0.816 bits per heavy atom. The molecule has 1 aromatic heterocycles. The molecule has 0 fully saturated rings. The molecular formula is C44H60N2O3. The minimum atomic E-state index is 0.759. The lowest BCUT2D eigenvalue weighted by Crippen LogP contribution is -1.98. The van der Waals surface area contributed by atoms with Crippen molar-refractivity contribution < 1.29 is 14.2 Å². The van der Waals surface area contributed by atoms with Crippen LogP contribution in [0.25, 0.3) is 22.5 Å². The summed E-state index contributed by atoms with van der Waals surface area (Å²) < 4.78 is 17.2. The van der Waals surface area contributed by atoms with Crippen LogP contribution in [0.1, 0.15) is 122 Å². The molecule has 0 aliphatic rings. The fourth-order valence-electron chi connectivity index (χ4n) is 6.14. The van der Waals surface area contributed by atoms with Gasteiger partial charge in [-0.05, 0) is 90.9 Å². The maximum Gasteiger partial charge on any atom is 0.159 e. The van der Waals surface area contributed by atoms with Gasteiger partial charge < -0.3 is 14.2 Å². The molecule has 264 valence electrons. The molecule has 49 heavy (non-hydrogen) atoms. The molecule has 0 amide bonds. The third kappa shape index (κ3) is 15.1. The number of aromatic nitrogens is 2. The van der Waals surface area contributed by atoms with Crippen LogP contribution in [0.15, 0.2) is 85.2 Å².